The lowest BCUT2D eigenvalue weighted by molar-refractivity contribution is -0.139. The first kappa shape index (κ1) is 27.5. The molecule has 11 nitrogen and oxygen atoms in total. The van der Waals surface area contributed by atoms with Crippen molar-refractivity contribution in [2.45, 2.75) is 18.9 Å². The van der Waals surface area contributed by atoms with E-state index in [-0.39, 0.29) is 25.4 Å². The van der Waals surface area contributed by atoms with Crippen LogP contribution in [0, 0.1) is 0 Å². The van der Waals surface area contributed by atoms with Gasteiger partial charge in [0.15, 0.2) is 0 Å². The summed E-state index contributed by atoms with van der Waals surface area (Å²) in [6, 6.07) is 5.66. The van der Waals surface area contributed by atoms with E-state index in [1.807, 2.05) is 0 Å². The largest absolute Gasteiger partial charge is 0.481 e. The van der Waals surface area contributed by atoms with Gasteiger partial charge in [0.2, 0.25) is 0 Å². The molecule has 1 aromatic carbocycles. The zero-order chi connectivity index (χ0) is 23.6. The second-order valence-electron chi connectivity index (χ2n) is 6.70. The molecular formula is C21H32N2O9. The van der Waals surface area contributed by atoms with E-state index in [0.29, 0.717) is 63.9 Å². The monoisotopic (exact) mass is 456 g/mol. The average Bonchev–Trinajstić information content (AvgIpc) is 2.76. The van der Waals surface area contributed by atoms with E-state index in [1.54, 1.807) is 24.3 Å². The standard InChI is InChI=1S/C21H32N2O9/c22-18(21(27)28)15-16-2-1-3-17(14-16)20(26)23-5-7-30-9-11-32-13-12-31-10-8-29-6-4-19(24)25/h1-3,14,18H,4-13,15,22H2,(H,23,26)(H,24,25)(H,27,28)/t18-/m0/s1. The number of hydrogen-bond acceptors (Lipinski definition) is 8. The van der Waals surface area contributed by atoms with Crippen molar-refractivity contribution in [1.82, 2.24) is 5.32 Å². The van der Waals surface area contributed by atoms with E-state index in [1.165, 1.54) is 0 Å². The summed E-state index contributed by atoms with van der Waals surface area (Å²) in [7, 11) is 0. The number of aliphatic carboxylic acids is 2. The first-order chi connectivity index (χ1) is 15.4. The summed E-state index contributed by atoms with van der Waals surface area (Å²) in [6.07, 6.45) is 0.120. The molecule has 0 unspecified atom stereocenters. The van der Waals surface area contributed by atoms with E-state index in [2.05, 4.69) is 5.32 Å². The van der Waals surface area contributed by atoms with Crippen LogP contribution in [0.15, 0.2) is 24.3 Å². The zero-order valence-corrected chi connectivity index (χ0v) is 18.0. The number of nitrogens with one attached hydrogen (secondary N) is 1. The highest BCUT2D eigenvalue weighted by atomic mass is 16.6. The molecule has 1 aromatic rings. The van der Waals surface area contributed by atoms with Gasteiger partial charge in [-0.3, -0.25) is 14.4 Å². The van der Waals surface area contributed by atoms with Crippen LogP contribution in [-0.4, -0.2) is 93.5 Å². The zero-order valence-electron chi connectivity index (χ0n) is 18.0. The number of rotatable bonds is 19. The normalized spacial score (nSPS) is 11.8. The molecule has 1 rings (SSSR count). The molecule has 0 saturated heterocycles. The van der Waals surface area contributed by atoms with Crippen molar-refractivity contribution < 1.29 is 43.5 Å². The minimum absolute atomic E-state index is 0.0241. The molecule has 0 spiro atoms. The topological polar surface area (TPSA) is 167 Å². The first-order valence-electron chi connectivity index (χ1n) is 10.3. The maximum Gasteiger partial charge on any atom is 0.320 e. The van der Waals surface area contributed by atoms with Crippen molar-refractivity contribution in [1.29, 1.82) is 0 Å². The van der Waals surface area contributed by atoms with Gasteiger partial charge in [0.1, 0.15) is 6.04 Å². The van der Waals surface area contributed by atoms with Gasteiger partial charge in [-0.25, -0.2) is 0 Å². The fourth-order valence-electron chi connectivity index (χ4n) is 2.44. The SMILES string of the molecule is N[C@@H](Cc1cccc(C(=O)NCCOCCOCCOCCOCCC(=O)O)c1)C(=O)O. The van der Waals surface area contributed by atoms with Crippen LogP contribution in [0.1, 0.15) is 22.3 Å². The molecule has 0 aromatic heterocycles. The van der Waals surface area contributed by atoms with Crippen LogP contribution in [0.25, 0.3) is 0 Å². The van der Waals surface area contributed by atoms with Gasteiger partial charge in [0.25, 0.3) is 5.91 Å². The number of carbonyl (C=O) groups excluding carboxylic acids is 1. The van der Waals surface area contributed by atoms with E-state index in [9.17, 15) is 14.4 Å². The van der Waals surface area contributed by atoms with Crippen molar-refractivity contribution in [3.8, 4) is 0 Å². The van der Waals surface area contributed by atoms with Crippen LogP contribution in [-0.2, 0) is 35.0 Å². The predicted octanol–water partition coefficient (Wildman–Crippen LogP) is -0.0881. The van der Waals surface area contributed by atoms with Gasteiger partial charge >= 0.3 is 11.9 Å². The van der Waals surface area contributed by atoms with E-state index >= 15 is 0 Å². The van der Waals surface area contributed by atoms with Gasteiger partial charge < -0.3 is 40.2 Å². The Hall–Kier alpha value is -2.57. The molecule has 0 radical (unpaired) electrons. The summed E-state index contributed by atoms with van der Waals surface area (Å²) in [5, 5.41) is 20.1. The Morgan fingerprint density at radius 1 is 0.875 bits per heavy atom. The maximum absolute atomic E-state index is 12.2. The fraction of sp³-hybridized carbons (Fsp3) is 0.571. The number of carboxylic acids is 2. The number of amides is 1. The van der Waals surface area contributed by atoms with Crippen LogP contribution in [0.3, 0.4) is 0 Å². The number of hydrogen-bond donors (Lipinski definition) is 4. The lowest BCUT2D eigenvalue weighted by Gasteiger charge is -2.10. The lowest BCUT2D eigenvalue weighted by atomic mass is 10.0. The van der Waals surface area contributed by atoms with Crippen LogP contribution in [0.4, 0.5) is 0 Å². The molecule has 1 amide bonds. The molecule has 0 heterocycles. The Kier molecular flexibility index (Phi) is 14.6. The number of carbonyl (C=O) groups is 3. The second kappa shape index (κ2) is 17.0. The summed E-state index contributed by atoms with van der Waals surface area (Å²) in [4.78, 5) is 33.3. The highest BCUT2D eigenvalue weighted by Gasteiger charge is 2.13. The minimum atomic E-state index is -1.09. The van der Waals surface area contributed by atoms with Crippen LogP contribution in [0.5, 0.6) is 0 Å². The molecule has 11 heteroatoms. The van der Waals surface area contributed by atoms with Crippen LogP contribution in [0.2, 0.25) is 0 Å². The molecule has 0 bridgehead atoms. The highest BCUT2D eigenvalue weighted by Crippen LogP contribution is 2.07. The Balaban J connectivity index is 1.99. The third kappa shape index (κ3) is 13.7. The first-order valence-corrected chi connectivity index (χ1v) is 10.3. The van der Waals surface area contributed by atoms with E-state index in [0.717, 1.165) is 0 Å². The van der Waals surface area contributed by atoms with Gasteiger partial charge in [-0.15, -0.1) is 0 Å². The van der Waals surface area contributed by atoms with Gasteiger partial charge in [-0.1, -0.05) is 12.1 Å². The molecule has 1 atom stereocenters. The molecular weight excluding hydrogens is 424 g/mol. The highest BCUT2D eigenvalue weighted by molar-refractivity contribution is 5.94. The summed E-state index contributed by atoms with van der Waals surface area (Å²) < 4.78 is 21.1. The lowest BCUT2D eigenvalue weighted by Crippen LogP contribution is -2.32. The van der Waals surface area contributed by atoms with Crippen molar-refractivity contribution >= 4 is 17.8 Å². The number of carboxylic acid groups (broad SMARTS) is 2. The molecule has 0 saturated carbocycles. The molecule has 0 fully saturated rings. The Morgan fingerprint density at radius 2 is 1.44 bits per heavy atom. The summed E-state index contributed by atoms with van der Waals surface area (Å²) >= 11 is 0. The summed E-state index contributed by atoms with van der Waals surface area (Å²) in [6.45, 7) is 3.07. The number of benzene rings is 1. The second-order valence-corrected chi connectivity index (χ2v) is 6.70. The Morgan fingerprint density at radius 3 is 2.00 bits per heavy atom. The molecule has 0 aliphatic rings. The smallest absolute Gasteiger partial charge is 0.320 e. The third-order valence-corrected chi connectivity index (χ3v) is 4.07. The number of nitrogens with two attached hydrogens (primary N) is 1. The summed E-state index contributed by atoms with van der Waals surface area (Å²) in [5.41, 5.74) is 6.63. The van der Waals surface area contributed by atoms with Gasteiger partial charge in [-0.05, 0) is 24.1 Å². The molecule has 5 N–H and O–H groups in total. The van der Waals surface area contributed by atoms with Crippen LogP contribution >= 0.6 is 0 Å². The van der Waals surface area contributed by atoms with E-state index in [4.69, 9.17) is 34.9 Å². The third-order valence-electron chi connectivity index (χ3n) is 4.07. The quantitative estimate of drug-likeness (QED) is 0.207. The molecule has 32 heavy (non-hydrogen) atoms. The van der Waals surface area contributed by atoms with Gasteiger partial charge in [-0.2, -0.15) is 0 Å². The van der Waals surface area contributed by atoms with Crippen LogP contribution < -0.4 is 11.1 Å². The maximum atomic E-state index is 12.2. The van der Waals surface area contributed by atoms with Gasteiger partial charge in [0.05, 0.1) is 59.3 Å². The molecule has 0 aliphatic carbocycles. The number of ether oxygens (including phenoxy) is 4. The summed E-state index contributed by atoms with van der Waals surface area (Å²) in [5.74, 6) is -2.26. The molecule has 0 aliphatic heterocycles. The van der Waals surface area contributed by atoms with Crippen molar-refractivity contribution in [3.05, 3.63) is 35.4 Å². The van der Waals surface area contributed by atoms with E-state index < -0.39 is 18.0 Å². The Bertz CT molecular complexity index is 700. The minimum Gasteiger partial charge on any atom is -0.481 e. The van der Waals surface area contributed by atoms with Crippen molar-refractivity contribution in [2.75, 3.05) is 59.4 Å². The average molecular weight is 456 g/mol. The van der Waals surface area contributed by atoms with Gasteiger partial charge in [0, 0.05) is 12.1 Å². The predicted molar refractivity (Wildman–Crippen MR) is 114 cm³/mol. The Labute approximate surface area is 186 Å². The van der Waals surface area contributed by atoms with Crippen molar-refractivity contribution in [2.24, 2.45) is 5.73 Å². The van der Waals surface area contributed by atoms with Crippen molar-refractivity contribution in [3.63, 3.8) is 0 Å². The molecule has 180 valence electrons. The fourth-order valence-corrected chi connectivity index (χ4v) is 2.44.